The van der Waals surface area contributed by atoms with Crippen molar-refractivity contribution in [2.75, 3.05) is 5.75 Å². The van der Waals surface area contributed by atoms with Gasteiger partial charge in [-0.25, -0.2) is 4.79 Å². The van der Waals surface area contributed by atoms with Crippen molar-refractivity contribution in [1.82, 2.24) is 10.5 Å². The lowest BCUT2D eigenvalue weighted by Gasteiger charge is -2.12. The van der Waals surface area contributed by atoms with E-state index >= 15 is 0 Å². The number of rotatable bonds is 7. The highest BCUT2D eigenvalue weighted by Gasteiger charge is 2.17. The van der Waals surface area contributed by atoms with Crippen molar-refractivity contribution in [2.24, 2.45) is 0 Å². The van der Waals surface area contributed by atoms with E-state index < -0.39 is 12.0 Å². The van der Waals surface area contributed by atoms with Crippen LogP contribution in [0.15, 0.2) is 10.6 Å². The zero-order valence-corrected chi connectivity index (χ0v) is 11.1. The van der Waals surface area contributed by atoms with Crippen LogP contribution in [-0.4, -0.2) is 33.9 Å². The van der Waals surface area contributed by atoms with E-state index in [9.17, 15) is 9.59 Å². The first-order valence-corrected chi connectivity index (χ1v) is 6.64. The minimum Gasteiger partial charge on any atom is -0.480 e. The lowest BCUT2D eigenvalue weighted by molar-refractivity contribution is -0.141. The van der Waals surface area contributed by atoms with Crippen LogP contribution in [0, 0.1) is 6.92 Å². The molecule has 0 aliphatic carbocycles. The van der Waals surface area contributed by atoms with Gasteiger partial charge in [0.15, 0.2) is 0 Å². The van der Waals surface area contributed by atoms with Gasteiger partial charge in [-0.2, -0.15) is 11.8 Å². The van der Waals surface area contributed by atoms with E-state index in [1.165, 1.54) is 6.92 Å². The van der Waals surface area contributed by atoms with Crippen LogP contribution < -0.4 is 5.32 Å². The van der Waals surface area contributed by atoms with Gasteiger partial charge in [0.1, 0.15) is 11.8 Å². The third-order valence-electron chi connectivity index (χ3n) is 2.15. The fourth-order valence-corrected chi connectivity index (χ4v) is 2.24. The number of aromatic nitrogens is 1. The normalized spacial score (nSPS) is 12.1. The van der Waals surface area contributed by atoms with Crippen molar-refractivity contribution in [2.45, 2.75) is 32.1 Å². The summed E-state index contributed by atoms with van der Waals surface area (Å²) in [7, 11) is 0. The minimum atomic E-state index is -1.01. The summed E-state index contributed by atoms with van der Waals surface area (Å²) in [6.07, 6.45) is 0.382. The van der Waals surface area contributed by atoms with Gasteiger partial charge in [0.2, 0.25) is 5.91 Å². The number of carboxylic acids is 1. The van der Waals surface area contributed by atoms with E-state index in [1.807, 2.05) is 13.0 Å². The molecule has 1 amide bonds. The molecular formula is C11H16N2O4S. The van der Waals surface area contributed by atoms with Crippen LogP contribution in [0.5, 0.6) is 0 Å². The Kier molecular flexibility index (Phi) is 5.70. The molecule has 0 saturated heterocycles. The van der Waals surface area contributed by atoms with Crippen molar-refractivity contribution in [3.63, 3.8) is 0 Å². The fraction of sp³-hybridized carbons (Fsp3) is 0.545. The molecule has 0 aliphatic heterocycles. The van der Waals surface area contributed by atoms with Crippen LogP contribution in [0.2, 0.25) is 0 Å². The molecule has 1 aromatic heterocycles. The van der Waals surface area contributed by atoms with Gasteiger partial charge in [0, 0.05) is 13.0 Å². The third kappa shape index (κ3) is 5.22. The Morgan fingerprint density at radius 2 is 2.33 bits per heavy atom. The van der Waals surface area contributed by atoms with Gasteiger partial charge in [-0.3, -0.25) is 4.79 Å². The Bertz CT molecular complexity index is 419. The molecule has 0 fully saturated rings. The monoisotopic (exact) mass is 272 g/mol. The summed E-state index contributed by atoms with van der Waals surface area (Å²) >= 11 is 1.54. The van der Waals surface area contributed by atoms with Gasteiger partial charge < -0.3 is 14.9 Å². The molecule has 0 aliphatic rings. The molecule has 0 bridgehead atoms. The van der Waals surface area contributed by atoms with Crippen molar-refractivity contribution in [3.8, 4) is 0 Å². The number of carbonyl (C=O) groups is 2. The number of aryl methyl sites for hydroxylation is 1. The highest BCUT2D eigenvalue weighted by molar-refractivity contribution is 7.98. The van der Waals surface area contributed by atoms with Gasteiger partial charge in [0.05, 0.1) is 11.4 Å². The second kappa shape index (κ2) is 7.05. The Balaban J connectivity index is 2.26. The van der Waals surface area contributed by atoms with Crippen LogP contribution in [0.3, 0.4) is 0 Å². The molecule has 1 rings (SSSR count). The standard InChI is InChI=1S/C11H16N2O4S/c1-7-5-9(17-13-7)6-18-4-3-10(11(15)16)12-8(2)14/h5,10H,3-4,6H2,1-2H3,(H,12,14)(H,15,16). The van der Waals surface area contributed by atoms with Crippen LogP contribution in [0.1, 0.15) is 24.8 Å². The first-order chi connectivity index (χ1) is 8.49. The van der Waals surface area contributed by atoms with Crippen LogP contribution in [-0.2, 0) is 15.3 Å². The second-order valence-corrected chi connectivity index (χ2v) is 4.97. The first kappa shape index (κ1) is 14.6. The molecule has 1 unspecified atom stereocenters. The van der Waals surface area contributed by atoms with Gasteiger partial charge in [-0.15, -0.1) is 0 Å². The Labute approximate surface area is 109 Å². The van der Waals surface area contributed by atoms with E-state index in [2.05, 4.69) is 10.5 Å². The quantitative estimate of drug-likeness (QED) is 0.724. The molecule has 0 radical (unpaired) electrons. The van der Waals surface area contributed by atoms with Crippen molar-refractivity contribution in [1.29, 1.82) is 0 Å². The van der Waals surface area contributed by atoms with E-state index in [1.54, 1.807) is 11.8 Å². The number of hydrogen-bond acceptors (Lipinski definition) is 5. The number of nitrogens with one attached hydrogen (secondary N) is 1. The van der Waals surface area contributed by atoms with Crippen molar-refractivity contribution < 1.29 is 19.2 Å². The molecule has 0 aromatic carbocycles. The summed E-state index contributed by atoms with van der Waals surface area (Å²) in [6, 6.07) is 1.02. The average molecular weight is 272 g/mol. The summed E-state index contributed by atoms with van der Waals surface area (Å²) in [5.41, 5.74) is 0.826. The van der Waals surface area contributed by atoms with Crippen LogP contribution in [0.25, 0.3) is 0 Å². The molecule has 6 nitrogen and oxygen atoms in total. The van der Waals surface area contributed by atoms with Crippen molar-refractivity contribution >= 4 is 23.6 Å². The molecule has 0 saturated carbocycles. The number of hydrogen-bond donors (Lipinski definition) is 2. The molecule has 1 atom stereocenters. The number of nitrogens with zero attached hydrogens (tertiary/aromatic N) is 1. The topological polar surface area (TPSA) is 92.4 Å². The predicted molar refractivity (Wildman–Crippen MR) is 67.3 cm³/mol. The van der Waals surface area contributed by atoms with Crippen molar-refractivity contribution in [3.05, 3.63) is 17.5 Å². The minimum absolute atomic E-state index is 0.335. The van der Waals surface area contributed by atoms with Gasteiger partial charge in [0.25, 0.3) is 0 Å². The number of thioether (sulfide) groups is 1. The van der Waals surface area contributed by atoms with E-state index in [-0.39, 0.29) is 5.91 Å². The highest BCUT2D eigenvalue weighted by atomic mass is 32.2. The largest absolute Gasteiger partial charge is 0.480 e. The fourth-order valence-electron chi connectivity index (χ4n) is 1.36. The maximum Gasteiger partial charge on any atom is 0.326 e. The number of carbonyl (C=O) groups excluding carboxylic acids is 1. The average Bonchev–Trinajstić information content (AvgIpc) is 2.68. The molecular weight excluding hydrogens is 256 g/mol. The molecule has 1 heterocycles. The summed E-state index contributed by atoms with van der Waals surface area (Å²) in [5, 5.41) is 15.0. The Hall–Kier alpha value is -1.50. The summed E-state index contributed by atoms with van der Waals surface area (Å²) < 4.78 is 5.03. The summed E-state index contributed by atoms with van der Waals surface area (Å²) in [4.78, 5) is 21.7. The molecule has 1 aromatic rings. The molecule has 0 spiro atoms. The van der Waals surface area contributed by atoms with Gasteiger partial charge in [-0.1, -0.05) is 5.16 Å². The van der Waals surface area contributed by atoms with Gasteiger partial charge in [-0.05, 0) is 19.1 Å². The zero-order chi connectivity index (χ0) is 13.5. The van der Waals surface area contributed by atoms with E-state index in [0.29, 0.717) is 17.9 Å². The predicted octanol–water partition coefficient (Wildman–Crippen LogP) is 1.20. The molecule has 2 N–H and O–H groups in total. The summed E-state index contributed by atoms with van der Waals surface area (Å²) in [5.74, 6) is 0.688. The second-order valence-electron chi connectivity index (χ2n) is 3.87. The number of amides is 1. The SMILES string of the molecule is CC(=O)NC(CCSCc1cc(C)no1)C(=O)O. The van der Waals surface area contributed by atoms with E-state index in [4.69, 9.17) is 9.63 Å². The maximum atomic E-state index is 10.8. The maximum absolute atomic E-state index is 10.8. The van der Waals surface area contributed by atoms with Gasteiger partial charge >= 0.3 is 5.97 Å². The Morgan fingerprint density at radius 1 is 1.61 bits per heavy atom. The van der Waals surface area contributed by atoms with Crippen LogP contribution in [0.4, 0.5) is 0 Å². The lowest BCUT2D eigenvalue weighted by atomic mass is 10.2. The van der Waals surface area contributed by atoms with Crippen LogP contribution >= 0.6 is 11.8 Å². The molecule has 100 valence electrons. The zero-order valence-electron chi connectivity index (χ0n) is 10.3. The highest BCUT2D eigenvalue weighted by Crippen LogP contribution is 2.14. The number of aliphatic carboxylic acids is 1. The molecule has 18 heavy (non-hydrogen) atoms. The summed E-state index contributed by atoms with van der Waals surface area (Å²) in [6.45, 7) is 3.15. The van der Waals surface area contributed by atoms with E-state index in [0.717, 1.165) is 11.5 Å². The first-order valence-electron chi connectivity index (χ1n) is 5.49. The molecule has 7 heteroatoms. The lowest BCUT2D eigenvalue weighted by Crippen LogP contribution is -2.39. The smallest absolute Gasteiger partial charge is 0.326 e. The Morgan fingerprint density at radius 3 is 2.83 bits per heavy atom. The third-order valence-corrected chi connectivity index (χ3v) is 3.16. The number of carboxylic acid groups (broad SMARTS) is 1.